The number of benzene rings is 2. The van der Waals surface area contributed by atoms with Crippen LogP contribution >= 0.6 is 0 Å². The van der Waals surface area contributed by atoms with Crippen LogP contribution in [0, 0.1) is 23.3 Å². The lowest BCUT2D eigenvalue weighted by Gasteiger charge is -2.12. The Labute approximate surface area is 136 Å². The molecule has 0 radical (unpaired) electrons. The first kappa shape index (κ1) is 18.3. The number of carbonyl (C=O) groups is 2. The molecule has 0 heterocycles. The molecule has 4 nitrogen and oxygen atoms in total. The molecule has 0 atom stereocenters. The molecule has 25 heavy (non-hydrogen) atoms. The summed E-state index contributed by atoms with van der Waals surface area (Å²) < 4.78 is 78.8. The van der Waals surface area contributed by atoms with Crippen LogP contribution in [0.2, 0.25) is 0 Å². The summed E-state index contributed by atoms with van der Waals surface area (Å²) in [6.45, 7) is 0. The van der Waals surface area contributed by atoms with E-state index in [-0.39, 0.29) is 0 Å². The number of anilines is 2. The third kappa shape index (κ3) is 3.90. The highest BCUT2D eigenvalue weighted by molar-refractivity contribution is 6.05. The van der Waals surface area contributed by atoms with Crippen molar-refractivity contribution >= 4 is 23.2 Å². The van der Waals surface area contributed by atoms with Crippen LogP contribution < -0.4 is 10.6 Å². The van der Waals surface area contributed by atoms with E-state index in [9.17, 15) is 35.9 Å². The number of amides is 2. The van der Waals surface area contributed by atoms with E-state index in [1.165, 1.54) is 5.32 Å². The number of nitrogens with one attached hydrogen (secondary N) is 2. The zero-order valence-electron chi connectivity index (χ0n) is 12.0. The Bertz CT molecular complexity index is 841. The van der Waals surface area contributed by atoms with Crippen molar-refractivity contribution in [3.63, 3.8) is 0 Å². The van der Waals surface area contributed by atoms with Crippen molar-refractivity contribution in [2.75, 3.05) is 10.6 Å². The van der Waals surface area contributed by atoms with Gasteiger partial charge >= 0.3 is 6.43 Å². The van der Waals surface area contributed by atoms with Gasteiger partial charge in [0.1, 0.15) is 11.5 Å². The summed E-state index contributed by atoms with van der Waals surface area (Å²) in [6.07, 6.45) is -3.45. The highest BCUT2D eigenvalue weighted by Gasteiger charge is 2.23. The minimum Gasteiger partial charge on any atom is -0.319 e. The van der Waals surface area contributed by atoms with Crippen LogP contribution in [-0.2, 0) is 4.79 Å². The third-order valence-electron chi connectivity index (χ3n) is 2.98. The minimum absolute atomic E-state index is 0.585. The largest absolute Gasteiger partial charge is 0.319 e. The standard InChI is InChI=1S/C15H8F6N2O2/c16-7-3-1-2-6(10(7)18)14(24)23-12-8(17)4-5-9(11(12)19)22-15(25)13(20)21/h1-5,13H,(H,22,25)(H,23,24). The fourth-order valence-electron chi connectivity index (χ4n) is 1.81. The number of halogens is 6. The summed E-state index contributed by atoms with van der Waals surface area (Å²) in [5, 5.41) is 3.17. The molecule has 0 unspecified atom stereocenters. The smallest absolute Gasteiger partial charge is 0.315 e. The number of carbonyl (C=O) groups excluding carboxylic acids is 2. The quantitative estimate of drug-likeness (QED) is 0.815. The summed E-state index contributed by atoms with van der Waals surface area (Å²) in [5.41, 5.74) is -2.79. The zero-order valence-corrected chi connectivity index (χ0v) is 12.0. The van der Waals surface area contributed by atoms with Crippen molar-refractivity contribution in [3.8, 4) is 0 Å². The lowest BCUT2D eigenvalue weighted by atomic mass is 10.1. The molecule has 0 aliphatic rings. The predicted octanol–water partition coefficient (Wildman–Crippen LogP) is 3.70. The van der Waals surface area contributed by atoms with Crippen molar-refractivity contribution in [1.82, 2.24) is 0 Å². The molecule has 0 saturated heterocycles. The molecule has 132 valence electrons. The molecule has 0 aliphatic heterocycles. The molecule has 0 spiro atoms. The molecule has 0 aliphatic carbocycles. The first-order chi connectivity index (χ1) is 11.7. The highest BCUT2D eigenvalue weighted by Crippen LogP contribution is 2.27. The van der Waals surface area contributed by atoms with Crippen LogP contribution in [0.4, 0.5) is 37.7 Å². The Kier molecular flexibility index (Phi) is 5.30. The van der Waals surface area contributed by atoms with Crippen LogP contribution in [0.5, 0.6) is 0 Å². The summed E-state index contributed by atoms with van der Waals surface area (Å²) in [7, 11) is 0. The fraction of sp³-hybridized carbons (Fsp3) is 0.0667. The van der Waals surface area contributed by atoms with E-state index in [0.29, 0.717) is 12.1 Å². The van der Waals surface area contributed by atoms with Crippen molar-refractivity contribution in [2.45, 2.75) is 6.43 Å². The molecule has 0 fully saturated rings. The van der Waals surface area contributed by atoms with Crippen molar-refractivity contribution in [1.29, 1.82) is 0 Å². The van der Waals surface area contributed by atoms with Crippen LogP contribution in [0.15, 0.2) is 30.3 Å². The van der Waals surface area contributed by atoms with Gasteiger partial charge < -0.3 is 10.6 Å². The summed E-state index contributed by atoms with van der Waals surface area (Å²) in [5.74, 6) is -9.02. The molecule has 0 saturated carbocycles. The molecule has 0 bridgehead atoms. The van der Waals surface area contributed by atoms with Crippen molar-refractivity contribution in [3.05, 3.63) is 59.2 Å². The molecular weight excluding hydrogens is 354 g/mol. The van der Waals surface area contributed by atoms with E-state index < -0.39 is 58.4 Å². The highest BCUT2D eigenvalue weighted by atomic mass is 19.3. The maximum absolute atomic E-state index is 14.1. The zero-order chi connectivity index (χ0) is 18.7. The number of rotatable bonds is 4. The normalized spacial score (nSPS) is 10.7. The maximum atomic E-state index is 14.1. The van der Waals surface area contributed by atoms with Crippen LogP contribution in [0.25, 0.3) is 0 Å². The molecular formula is C15H8F6N2O2. The van der Waals surface area contributed by atoms with Gasteiger partial charge in [-0.25, -0.2) is 17.6 Å². The third-order valence-corrected chi connectivity index (χ3v) is 2.98. The monoisotopic (exact) mass is 362 g/mol. The molecule has 2 aromatic carbocycles. The second kappa shape index (κ2) is 7.24. The second-order valence-corrected chi connectivity index (χ2v) is 4.63. The molecule has 2 aromatic rings. The van der Waals surface area contributed by atoms with Gasteiger partial charge in [0.25, 0.3) is 11.8 Å². The van der Waals surface area contributed by atoms with Gasteiger partial charge in [0, 0.05) is 0 Å². The van der Waals surface area contributed by atoms with Gasteiger partial charge in [-0.1, -0.05) is 6.07 Å². The lowest BCUT2D eigenvalue weighted by Crippen LogP contribution is -2.22. The summed E-state index contributed by atoms with van der Waals surface area (Å²) >= 11 is 0. The Morgan fingerprint density at radius 1 is 0.840 bits per heavy atom. The topological polar surface area (TPSA) is 58.2 Å². The maximum Gasteiger partial charge on any atom is 0.315 e. The number of alkyl halides is 2. The predicted molar refractivity (Wildman–Crippen MR) is 75.3 cm³/mol. The molecule has 10 heteroatoms. The molecule has 2 rings (SSSR count). The second-order valence-electron chi connectivity index (χ2n) is 4.63. The Morgan fingerprint density at radius 3 is 2.16 bits per heavy atom. The molecule has 0 aromatic heterocycles. The minimum atomic E-state index is -3.45. The summed E-state index contributed by atoms with van der Waals surface area (Å²) in [6, 6.07) is 3.84. The Balaban J connectivity index is 2.34. The van der Waals surface area contributed by atoms with Gasteiger partial charge in [-0.15, -0.1) is 0 Å². The van der Waals surface area contributed by atoms with Gasteiger partial charge in [-0.3, -0.25) is 9.59 Å². The van der Waals surface area contributed by atoms with Gasteiger partial charge in [0.05, 0.1) is 11.3 Å². The van der Waals surface area contributed by atoms with E-state index in [1.54, 1.807) is 5.32 Å². The van der Waals surface area contributed by atoms with E-state index in [0.717, 1.165) is 18.2 Å². The van der Waals surface area contributed by atoms with Crippen LogP contribution in [-0.4, -0.2) is 18.2 Å². The first-order valence-corrected chi connectivity index (χ1v) is 6.54. The Hall–Kier alpha value is -3.04. The molecule has 2 amide bonds. The average Bonchev–Trinajstić information content (AvgIpc) is 2.56. The lowest BCUT2D eigenvalue weighted by molar-refractivity contribution is -0.126. The number of hydrogen-bond donors (Lipinski definition) is 2. The first-order valence-electron chi connectivity index (χ1n) is 6.54. The van der Waals surface area contributed by atoms with E-state index >= 15 is 0 Å². The number of hydrogen-bond acceptors (Lipinski definition) is 2. The van der Waals surface area contributed by atoms with Crippen LogP contribution in [0.3, 0.4) is 0 Å². The fourth-order valence-corrected chi connectivity index (χ4v) is 1.81. The van der Waals surface area contributed by atoms with Gasteiger partial charge in [-0.2, -0.15) is 8.78 Å². The summed E-state index contributed by atoms with van der Waals surface area (Å²) in [4.78, 5) is 22.8. The SMILES string of the molecule is O=C(Nc1c(F)ccc(NC(=O)C(F)F)c1F)c1cccc(F)c1F. The van der Waals surface area contributed by atoms with Crippen molar-refractivity contribution in [2.24, 2.45) is 0 Å². The van der Waals surface area contributed by atoms with E-state index in [4.69, 9.17) is 0 Å². The van der Waals surface area contributed by atoms with E-state index in [2.05, 4.69) is 0 Å². The molecule has 2 N–H and O–H groups in total. The van der Waals surface area contributed by atoms with Gasteiger partial charge in [0.2, 0.25) is 0 Å². The van der Waals surface area contributed by atoms with Crippen molar-refractivity contribution < 1.29 is 35.9 Å². The Morgan fingerprint density at radius 2 is 1.52 bits per heavy atom. The van der Waals surface area contributed by atoms with E-state index in [1.807, 2.05) is 0 Å². The average molecular weight is 362 g/mol. The van der Waals surface area contributed by atoms with Gasteiger partial charge in [0.15, 0.2) is 17.5 Å². The van der Waals surface area contributed by atoms with Crippen LogP contribution in [0.1, 0.15) is 10.4 Å². The van der Waals surface area contributed by atoms with Gasteiger partial charge in [-0.05, 0) is 24.3 Å².